The third kappa shape index (κ3) is 5.71. The minimum absolute atomic E-state index is 0.0311. The quantitative estimate of drug-likeness (QED) is 0.202. The molecule has 0 bridgehead atoms. The molecule has 0 radical (unpaired) electrons. The molecule has 1 amide bonds. The maximum absolute atomic E-state index is 15.0. The molecule has 8 rings (SSSR count). The summed E-state index contributed by atoms with van der Waals surface area (Å²) >= 11 is 0. The third-order valence-electron chi connectivity index (χ3n) is 12.9. The number of carbonyl (C=O) groups excluding carboxylic acids is 5. The molecule has 60 heavy (non-hydrogen) atoms. The van der Waals surface area contributed by atoms with E-state index >= 15 is 0 Å². The average Bonchev–Trinajstić information content (AvgIpc) is 3.22. The lowest BCUT2D eigenvalue weighted by Crippen LogP contribution is -2.73. The second-order valence-electron chi connectivity index (χ2n) is 15.9. The number of aliphatic imine (C=N–C) groups is 1. The van der Waals surface area contributed by atoms with Crippen LogP contribution in [0.25, 0.3) is 0 Å². The molecule has 8 atom stereocenters. The highest BCUT2D eigenvalue weighted by Crippen LogP contribution is 2.56. The third-order valence-corrected chi connectivity index (χ3v) is 12.9. The first-order valence-corrected chi connectivity index (χ1v) is 19.6. The Morgan fingerprint density at radius 2 is 1.63 bits per heavy atom. The number of hydrogen-bond donors (Lipinski definition) is 6. The second kappa shape index (κ2) is 14.9. The Hall–Kier alpha value is -5.40. The largest absolute Gasteiger partial charge is 0.507 e. The van der Waals surface area contributed by atoms with Gasteiger partial charge < -0.3 is 54.6 Å². The number of aliphatic hydroxyl groups excluding tert-OH is 3. The number of benzene rings is 3. The van der Waals surface area contributed by atoms with Crippen LogP contribution in [0.4, 0.5) is 5.69 Å². The van der Waals surface area contributed by atoms with E-state index in [1.54, 1.807) is 13.8 Å². The van der Waals surface area contributed by atoms with Crippen LogP contribution in [0.15, 0.2) is 47.5 Å². The van der Waals surface area contributed by atoms with Crippen LogP contribution in [-0.4, -0.2) is 154 Å². The van der Waals surface area contributed by atoms with Crippen molar-refractivity contribution >= 4 is 40.4 Å². The van der Waals surface area contributed by atoms with Crippen molar-refractivity contribution < 1.29 is 68.8 Å². The summed E-state index contributed by atoms with van der Waals surface area (Å²) in [5, 5.41) is 69.3. The van der Waals surface area contributed by atoms with Crippen LogP contribution >= 0.6 is 0 Å². The zero-order chi connectivity index (χ0) is 43.2. The fourth-order valence-corrected chi connectivity index (χ4v) is 9.82. The average molecular weight is 828 g/mol. The van der Waals surface area contributed by atoms with Crippen molar-refractivity contribution in [3.63, 3.8) is 0 Å². The first-order chi connectivity index (χ1) is 28.6. The number of phenolic OH excluding ortho intramolecular Hbond substituents is 2. The molecule has 316 valence electrons. The first kappa shape index (κ1) is 41.3. The molecule has 0 aromatic heterocycles. The molecule has 6 N–H and O–H groups in total. The molecule has 0 saturated carbocycles. The van der Waals surface area contributed by atoms with E-state index in [0.717, 1.165) is 18.9 Å². The number of rotatable bonds is 6. The smallest absolute Gasteiger partial charge is 0.258 e. The highest BCUT2D eigenvalue weighted by molar-refractivity contribution is 6.53. The summed E-state index contributed by atoms with van der Waals surface area (Å²) in [6, 6.07) is 11.9. The number of aryl methyl sites for hydroxylation is 1. The molecule has 17 nitrogen and oxygen atoms in total. The highest BCUT2D eigenvalue weighted by atomic mass is 16.6. The number of phenols is 2. The van der Waals surface area contributed by atoms with Gasteiger partial charge in [0.05, 0.1) is 59.7 Å². The lowest BCUT2D eigenvalue weighted by Gasteiger charge is -2.53. The number of fused-ring (bicyclic) bond motifs is 5. The molecular formula is C43H45N3O14. The topological polar surface area (TPSA) is 253 Å². The Morgan fingerprint density at radius 3 is 2.27 bits per heavy atom. The van der Waals surface area contributed by atoms with Crippen LogP contribution in [0, 0.1) is 12.8 Å². The zero-order valence-electron chi connectivity index (χ0n) is 33.2. The minimum Gasteiger partial charge on any atom is -0.507 e. The fourth-order valence-electron chi connectivity index (χ4n) is 9.82. The molecule has 3 aliphatic carbocycles. The monoisotopic (exact) mass is 827 g/mol. The maximum atomic E-state index is 15.0. The molecule has 2 heterocycles. The van der Waals surface area contributed by atoms with Gasteiger partial charge in [-0.15, -0.1) is 0 Å². The summed E-state index contributed by atoms with van der Waals surface area (Å²) < 4.78 is 16.8. The number of carbonyl (C=O) groups is 5. The van der Waals surface area contributed by atoms with Crippen LogP contribution in [0.1, 0.15) is 81.8 Å². The Balaban J connectivity index is 1.21. The van der Waals surface area contributed by atoms with Crippen LogP contribution in [0.2, 0.25) is 0 Å². The molecule has 3 aromatic carbocycles. The summed E-state index contributed by atoms with van der Waals surface area (Å²) in [6.07, 6.45) is -7.27. The fraction of sp³-hybridized carbons (Fsp3) is 0.442. The van der Waals surface area contributed by atoms with Crippen LogP contribution in [0.3, 0.4) is 0 Å². The number of para-hydroxylation sites is 1. The van der Waals surface area contributed by atoms with E-state index in [1.807, 2.05) is 30.3 Å². The van der Waals surface area contributed by atoms with Gasteiger partial charge in [0.2, 0.25) is 17.3 Å². The number of amides is 1. The molecule has 0 unspecified atom stereocenters. The van der Waals surface area contributed by atoms with Crippen molar-refractivity contribution in [3.8, 4) is 11.5 Å². The predicted octanol–water partition coefficient (Wildman–Crippen LogP) is 0.877. The van der Waals surface area contributed by atoms with Gasteiger partial charge in [-0.25, -0.2) is 0 Å². The van der Waals surface area contributed by atoms with Crippen molar-refractivity contribution in [1.82, 2.24) is 4.90 Å². The predicted molar refractivity (Wildman–Crippen MR) is 210 cm³/mol. The SMILES string of the molecule is CO[C@@H]1[C@@H](O)[C@@H](CO)[C@@H](N=C2CC(=O)c3c(cc4c(c3O)C(=O)[C@]3(OC)[C@H](O)Cc5cc(C)c(C(=O)N6CCN(c7ccccc7)CC6)c(O)c5[C@]3(O)C4=O)C2=O)O[C@H]1C. The van der Waals surface area contributed by atoms with E-state index in [9.17, 15) is 54.6 Å². The number of anilines is 1. The Morgan fingerprint density at radius 1 is 0.950 bits per heavy atom. The van der Waals surface area contributed by atoms with Crippen LogP contribution in [0.5, 0.6) is 11.5 Å². The molecule has 17 heteroatoms. The number of piperazine rings is 1. The van der Waals surface area contributed by atoms with Crippen LogP contribution in [-0.2, 0) is 26.2 Å². The highest BCUT2D eigenvalue weighted by Gasteiger charge is 2.72. The second-order valence-corrected chi connectivity index (χ2v) is 15.9. The summed E-state index contributed by atoms with van der Waals surface area (Å²) in [6.45, 7) is 3.99. The molecule has 2 fully saturated rings. The summed E-state index contributed by atoms with van der Waals surface area (Å²) in [4.78, 5) is 79.8. The van der Waals surface area contributed by atoms with Crippen LogP contribution < -0.4 is 4.90 Å². The molecule has 5 aliphatic rings. The van der Waals surface area contributed by atoms with Gasteiger partial charge >= 0.3 is 0 Å². The van der Waals surface area contributed by atoms with Gasteiger partial charge in [-0.2, -0.15) is 0 Å². The zero-order valence-corrected chi connectivity index (χ0v) is 33.2. The molecule has 2 aliphatic heterocycles. The van der Waals surface area contributed by atoms with Gasteiger partial charge in [0.15, 0.2) is 23.2 Å². The number of methoxy groups -OCH3 is 2. The minimum atomic E-state index is -3.24. The van der Waals surface area contributed by atoms with Gasteiger partial charge in [-0.05, 0) is 43.2 Å². The number of ketones is 4. The first-order valence-electron chi connectivity index (χ1n) is 19.6. The van der Waals surface area contributed by atoms with Crippen molar-refractivity contribution in [1.29, 1.82) is 0 Å². The van der Waals surface area contributed by atoms with Crippen molar-refractivity contribution in [2.45, 2.75) is 68.5 Å². The van der Waals surface area contributed by atoms with Crippen molar-refractivity contribution in [2.24, 2.45) is 10.9 Å². The van der Waals surface area contributed by atoms with E-state index in [1.165, 1.54) is 18.1 Å². The Labute approximate surface area is 343 Å². The van der Waals surface area contributed by atoms with E-state index in [2.05, 4.69) is 9.89 Å². The number of nitrogens with zero attached hydrogens (tertiary/aromatic N) is 3. The summed E-state index contributed by atoms with van der Waals surface area (Å²) in [7, 11) is 2.30. The normalized spacial score (nSPS) is 30.8. The van der Waals surface area contributed by atoms with E-state index in [-0.39, 0.29) is 29.8 Å². The number of Topliss-reactive ketones (excluding diaryl/α,β-unsaturated/α-hetero) is 4. The number of hydrogen-bond acceptors (Lipinski definition) is 16. The van der Waals surface area contributed by atoms with Crippen molar-refractivity contribution in [2.75, 3.05) is 51.9 Å². The maximum Gasteiger partial charge on any atom is 0.258 e. The van der Waals surface area contributed by atoms with Gasteiger partial charge in [-0.1, -0.05) is 24.3 Å². The van der Waals surface area contributed by atoms with E-state index in [0.29, 0.717) is 13.1 Å². The van der Waals surface area contributed by atoms with Gasteiger partial charge in [0.25, 0.3) is 5.91 Å². The lowest BCUT2D eigenvalue weighted by molar-refractivity contribution is -0.206. The van der Waals surface area contributed by atoms with Gasteiger partial charge in [-0.3, -0.25) is 29.0 Å². The number of aliphatic hydroxyl groups is 4. The van der Waals surface area contributed by atoms with Gasteiger partial charge in [0.1, 0.15) is 17.6 Å². The summed E-state index contributed by atoms with van der Waals surface area (Å²) in [5.41, 5.74) is -8.79. The van der Waals surface area contributed by atoms with E-state index < -0.39 is 141 Å². The molecule has 2 saturated heterocycles. The van der Waals surface area contributed by atoms with E-state index in [4.69, 9.17) is 14.2 Å². The number of ether oxygens (including phenoxy) is 3. The summed E-state index contributed by atoms with van der Waals surface area (Å²) in [5.74, 6) is -8.11. The molecular weight excluding hydrogens is 782 g/mol. The Bertz CT molecular complexity index is 2380. The molecule has 3 aromatic rings. The molecule has 0 spiro atoms. The lowest BCUT2D eigenvalue weighted by atomic mass is 9.56. The van der Waals surface area contributed by atoms with Crippen molar-refractivity contribution in [3.05, 3.63) is 87.0 Å². The standard InChI is InChI=1S/C43H45N3O14/c1-19-14-21-15-28(49)43(59-4)39(55)31-24(16-23-30(35(31)52)27(48)17-26(33(23)50)44-40-25(18-47)34(51)37(58-3)20(2)60-40)38(54)42(43,57)32(21)36(53)29(19)41(56)46-12-10-45(11-13-46)22-8-6-5-7-9-22/h5-9,14,16,20,25,28,34,37,40,47,49,51-53,57H,10-13,15,17-18H2,1-4H3/t20-,25+,28+,34-,37-,40-,42-,43+/m0/s1. The Kier molecular flexibility index (Phi) is 10.3. The number of aromatic hydroxyl groups is 2. The van der Waals surface area contributed by atoms with Gasteiger partial charge in [0, 0.05) is 69.2 Å².